The number of carbonyl (C=O) groups excluding carboxylic acids is 3. The number of rotatable bonds is 7. The van der Waals surface area contributed by atoms with Crippen LogP contribution in [-0.4, -0.2) is 24.5 Å². The number of amides is 3. The molecule has 0 saturated carbocycles. The van der Waals surface area contributed by atoms with Crippen LogP contribution in [-0.2, 0) is 14.3 Å². The van der Waals surface area contributed by atoms with Crippen molar-refractivity contribution in [1.29, 1.82) is 0 Å². The molecule has 0 fully saturated rings. The fourth-order valence-electron chi connectivity index (χ4n) is 2.27. The Bertz CT molecular complexity index is 830. The third-order valence-corrected chi connectivity index (χ3v) is 3.80. The van der Waals surface area contributed by atoms with Gasteiger partial charge in [0.2, 0.25) is 0 Å². The number of hydrogen-bond acceptors (Lipinski definition) is 4. The van der Waals surface area contributed by atoms with E-state index in [0.717, 1.165) is 0 Å². The Hall–Kier alpha value is -3.13. The minimum atomic E-state index is -0.832. The Kier molecular flexibility index (Phi) is 7.13. The van der Waals surface area contributed by atoms with E-state index in [1.165, 1.54) is 24.3 Å². The van der Waals surface area contributed by atoms with E-state index in [-0.39, 0.29) is 6.42 Å². The lowest BCUT2D eigenvalue weighted by atomic mass is 10.0. The SMILES string of the molecule is NC(=O)N[C@H](CC(=O)OCC(=O)Nc1ccc(F)cc1)c1ccccc1Cl. The maximum Gasteiger partial charge on any atom is 0.312 e. The molecule has 142 valence electrons. The van der Waals surface area contributed by atoms with Crippen molar-refractivity contribution in [2.75, 3.05) is 11.9 Å². The predicted octanol–water partition coefficient (Wildman–Crippen LogP) is 2.76. The molecule has 0 bridgehead atoms. The molecule has 1 atom stereocenters. The largest absolute Gasteiger partial charge is 0.455 e. The molecule has 0 aromatic heterocycles. The van der Waals surface area contributed by atoms with Crippen LogP contribution >= 0.6 is 11.6 Å². The Morgan fingerprint density at radius 1 is 1.11 bits per heavy atom. The van der Waals surface area contributed by atoms with Crippen molar-refractivity contribution in [3.8, 4) is 0 Å². The third kappa shape index (κ3) is 6.59. The number of hydrogen-bond donors (Lipinski definition) is 3. The normalized spacial score (nSPS) is 11.3. The topological polar surface area (TPSA) is 111 Å². The van der Waals surface area contributed by atoms with Gasteiger partial charge in [-0.05, 0) is 35.9 Å². The quantitative estimate of drug-likeness (QED) is 0.628. The van der Waals surface area contributed by atoms with Gasteiger partial charge in [0.25, 0.3) is 5.91 Å². The second kappa shape index (κ2) is 9.54. The van der Waals surface area contributed by atoms with Gasteiger partial charge in [-0.25, -0.2) is 9.18 Å². The Labute approximate surface area is 159 Å². The lowest BCUT2D eigenvalue weighted by Gasteiger charge is -2.18. The third-order valence-electron chi connectivity index (χ3n) is 3.46. The molecule has 2 aromatic rings. The Morgan fingerprint density at radius 2 is 1.78 bits per heavy atom. The highest BCUT2D eigenvalue weighted by molar-refractivity contribution is 6.31. The maximum absolute atomic E-state index is 12.8. The summed E-state index contributed by atoms with van der Waals surface area (Å²) in [7, 11) is 0. The summed E-state index contributed by atoms with van der Waals surface area (Å²) in [5.41, 5.74) is 5.99. The molecule has 9 heteroatoms. The van der Waals surface area contributed by atoms with Gasteiger partial charge >= 0.3 is 12.0 Å². The molecule has 27 heavy (non-hydrogen) atoms. The summed E-state index contributed by atoms with van der Waals surface area (Å²) in [6.45, 7) is -0.540. The summed E-state index contributed by atoms with van der Waals surface area (Å²) in [6.07, 6.45) is -0.267. The molecule has 0 saturated heterocycles. The van der Waals surface area contributed by atoms with Gasteiger partial charge in [-0.15, -0.1) is 0 Å². The molecule has 2 rings (SSSR count). The van der Waals surface area contributed by atoms with E-state index in [1.54, 1.807) is 24.3 Å². The lowest BCUT2D eigenvalue weighted by Crippen LogP contribution is -2.35. The summed E-state index contributed by atoms with van der Waals surface area (Å²) < 4.78 is 17.7. The number of halogens is 2. The first-order chi connectivity index (χ1) is 12.8. The molecule has 0 aliphatic rings. The highest BCUT2D eigenvalue weighted by Gasteiger charge is 2.21. The van der Waals surface area contributed by atoms with Crippen molar-refractivity contribution in [1.82, 2.24) is 5.32 Å². The molecule has 4 N–H and O–H groups in total. The predicted molar refractivity (Wildman–Crippen MR) is 97.5 cm³/mol. The number of nitrogens with two attached hydrogens (primary N) is 1. The van der Waals surface area contributed by atoms with Gasteiger partial charge in [0.1, 0.15) is 5.82 Å². The van der Waals surface area contributed by atoms with Gasteiger partial charge in [-0.3, -0.25) is 9.59 Å². The van der Waals surface area contributed by atoms with Gasteiger partial charge in [0, 0.05) is 10.7 Å². The number of benzene rings is 2. The summed E-state index contributed by atoms with van der Waals surface area (Å²) in [6, 6.07) is 10.1. The van der Waals surface area contributed by atoms with Crippen molar-refractivity contribution in [3.05, 3.63) is 64.9 Å². The van der Waals surface area contributed by atoms with Gasteiger partial charge in [-0.1, -0.05) is 29.8 Å². The molecule has 7 nitrogen and oxygen atoms in total. The van der Waals surface area contributed by atoms with Crippen LogP contribution in [0.1, 0.15) is 18.0 Å². The molecule has 3 amide bonds. The van der Waals surface area contributed by atoms with E-state index in [1.807, 2.05) is 0 Å². The van der Waals surface area contributed by atoms with E-state index in [2.05, 4.69) is 10.6 Å². The molecule has 2 aromatic carbocycles. The zero-order valence-electron chi connectivity index (χ0n) is 14.1. The smallest absolute Gasteiger partial charge is 0.312 e. The van der Waals surface area contributed by atoms with Crippen LogP contribution in [0.25, 0.3) is 0 Å². The van der Waals surface area contributed by atoms with Gasteiger partial charge in [0.15, 0.2) is 6.61 Å². The molecular formula is C18H17ClFN3O4. The lowest BCUT2D eigenvalue weighted by molar-refractivity contribution is -0.147. The number of primary amides is 1. The second-order valence-electron chi connectivity index (χ2n) is 5.50. The zero-order chi connectivity index (χ0) is 19.8. The van der Waals surface area contributed by atoms with Crippen LogP contribution in [0.5, 0.6) is 0 Å². The van der Waals surface area contributed by atoms with E-state index in [0.29, 0.717) is 16.3 Å². The first-order valence-electron chi connectivity index (χ1n) is 7.86. The van der Waals surface area contributed by atoms with Gasteiger partial charge in [-0.2, -0.15) is 0 Å². The van der Waals surface area contributed by atoms with Gasteiger partial charge in [0.05, 0.1) is 12.5 Å². The zero-order valence-corrected chi connectivity index (χ0v) is 14.8. The summed E-state index contributed by atoms with van der Waals surface area (Å²) in [5.74, 6) is -1.76. The van der Waals surface area contributed by atoms with Crippen LogP contribution in [0.4, 0.5) is 14.9 Å². The number of urea groups is 1. The van der Waals surface area contributed by atoms with Crippen LogP contribution in [0.2, 0.25) is 5.02 Å². The summed E-state index contributed by atoms with van der Waals surface area (Å²) >= 11 is 6.08. The summed E-state index contributed by atoms with van der Waals surface area (Å²) in [5, 5.41) is 5.22. The van der Waals surface area contributed by atoms with Crippen LogP contribution < -0.4 is 16.4 Å². The number of nitrogens with one attached hydrogen (secondary N) is 2. The van der Waals surface area contributed by atoms with Crippen molar-refractivity contribution >= 4 is 35.2 Å². The van der Waals surface area contributed by atoms with Crippen molar-refractivity contribution in [3.63, 3.8) is 0 Å². The van der Waals surface area contributed by atoms with E-state index in [4.69, 9.17) is 22.1 Å². The maximum atomic E-state index is 12.8. The first-order valence-corrected chi connectivity index (χ1v) is 8.24. The summed E-state index contributed by atoms with van der Waals surface area (Å²) in [4.78, 5) is 35.0. The second-order valence-corrected chi connectivity index (χ2v) is 5.91. The highest BCUT2D eigenvalue weighted by atomic mass is 35.5. The van der Waals surface area contributed by atoms with E-state index >= 15 is 0 Å². The van der Waals surface area contributed by atoms with Crippen LogP contribution in [0, 0.1) is 5.82 Å². The number of ether oxygens (including phenoxy) is 1. The van der Waals surface area contributed by atoms with Crippen LogP contribution in [0.3, 0.4) is 0 Å². The fraction of sp³-hybridized carbons (Fsp3) is 0.167. The highest BCUT2D eigenvalue weighted by Crippen LogP contribution is 2.25. The number of carbonyl (C=O) groups is 3. The standard InChI is InChI=1S/C18H17ClFN3O4/c19-14-4-2-1-3-13(14)15(23-18(21)26)9-17(25)27-10-16(24)22-12-7-5-11(20)6-8-12/h1-8,15H,9-10H2,(H,22,24)(H3,21,23,26)/t15-/m1/s1. The average molecular weight is 394 g/mol. The molecule has 0 heterocycles. The Balaban J connectivity index is 1.91. The van der Waals surface area contributed by atoms with Crippen molar-refractivity contribution < 1.29 is 23.5 Å². The monoisotopic (exact) mass is 393 g/mol. The number of anilines is 1. The molecule has 0 spiro atoms. The van der Waals surface area contributed by atoms with Crippen molar-refractivity contribution in [2.45, 2.75) is 12.5 Å². The van der Waals surface area contributed by atoms with Crippen molar-refractivity contribution in [2.24, 2.45) is 5.73 Å². The molecular weight excluding hydrogens is 377 g/mol. The average Bonchev–Trinajstić information content (AvgIpc) is 2.61. The van der Waals surface area contributed by atoms with Gasteiger partial charge < -0.3 is 21.1 Å². The minimum Gasteiger partial charge on any atom is -0.455 e. The van der Waals surface area contributed by atoms with Crippen LogP contribution in [0.15, 0.2) is 48.5 Å². The minimum absolute atomic E-state index is 0.267. The molecule has 0 aliphatic carbocycles. The van der Waals surface area contributed by atoms with E-state index in [9.17, 15) is 18.8 Å². The molecule has 0 aliphatic heterocycles. The van der Waals surface area contributed by atoms with E-state index < -0.39 is 36.4 Å². The molecule has 0 radical (unpaired) electrons. The number of esters is 1. The first kappa shape index (κ1) is 20.2. The fourth-order valence-corrected chi connectivity index (χ4v) is 2.54. The Morgan fingerprint density at radius 3 is 2.41 bits per heavy atom. The molecule has 0 unspecified atom stereocenters.